The van der Waals surface area contributed by atoms with Crippen LogP contribution < -0.4 is 20.9 Å². The van der Waals surface area contributed by atoms with Crippen molar-refractivity contribution < 1.29 is 9.59 Å². The second-order valence-corrected chi connectivity index (χ2v) is 7.58. The van der Waals surface area contributed by atoms with Crippen molar-refractivity contribution in [1.29, 1.82) is 0 Å². The first-order valence-corrected chi connectivity index (χ1v) is 10.5. The van der Waals surface area contributed by atoms with Gasteiger partial charge in [0.15, 0.2) is 0 Å². The fourth-order valence-corrected chi connectivity index (χ4v) is 3.90. The minimum atomic E-state index is -0.273. The lowest BCUT2D eigenvalue weighted by Crippen LogP contribution is -2.34. The zero-order valence-electron chi connectivity index (χ0n) is 17.4. The highest BCUT2D eigenvalue weighted by atomic mass is 16.1. The summed E-state index contributed by atoms with van der Waals surface area (Å²) in [5, 5.41) is 9.39. The fraction of sp³-hybridized carbons (Fsp3) is 0.636. The first-order valence-electron chi connectivity index (χ1n) is 10.5. The molecule has 0 aliphatic carbocycles. The molecule has 1 aromatic rings. The van der Waals surface area contributed by atoms with E-state index in [-0.39, 0.29) is 11.8 Å². The Morgan fingerprint density at radius 3 is 2.54 bits per heavy atom. The number of nitrogens with one attached hydrogen (secondary N) is 3. The Labute approximate surface area is 169 Å². The van der Waals surface area contributed by atoms with Crippen LogP contribution in [-0.4, -0.2) is 59.0 Å². The van der Waals surface area contributed by atoms with Crippen LogP contribution in [0.5, 0.6) is 0 Å². The van der Waals surface area contributed by atoms with E-state index in [0.717, 1.165) is 50.5 Å². The number of benzene rings is 1. The van der Waals surface area contributed by atoms with Crippen molar-refractivity contribution >= 4 is 17.9 Å². The number of aldehydes is 1. The molecule has 3 N–H and O–H groups in total. The van der Waals surface area contributed by atoms with Gasteiger partial charge in [-0.25, -0.2) is 0 Å². The maximum absolute atomic E-state index is 12.2. The van der Waals surface area contributed by atoms with E-state index in [2.05, 4.69) is 33.0 Å². The predicted molar refractivity (Wildman–Crippen MR) is 115 cm³/mol. The molecule has 6 heteroatoms. The van der Waals surface area contributed by atoms with Crippen LogP contribution >= 0.6 is 0 Å². The molecule has 0 bridgehead atoms. The van der Waals surface area contributed by atoms with Crippen LogP contribution in [0, 0.1) is 5.92 Å². The standard InChI is InChI=1S/C22H36N4O2/c1-23-14-16-26(15-11-18-9-12-25-13-10-18)20-7-5-19(6-8-20)21(4-3-17-27)22(28)24-2/h5-8,17-18,21,23,25H,3-4,9-16H2,1-2H3,(H,24,28). The molecule has 1 aromatic carbocycles. The normalized spacial score (nSPS) is 15.8. The summed E-state index contributed by atoms with van der Waals surface area (Å²) in [6.07, 6.45) is 5.57. The monoisotopic (exact) mass is 388 g/mol. The van der Waals surface area contributed by atoms with Gasteiger partial charge in [-0.15, -0.1) is 0 Å². The third-order valence-electron chi connectivity index (χ3n) is 5.69. The average Bonchev–Trinajstić information content (AvgIpc) is 2.75. The lowest BCUT2D eigenvalue weighted by Gasteiger charge is -2.29. The fourth-order valence-electron chi connectivity index (χ4n) is 3.90. The van der Waals surface area contributed by atoms with Crippen LogP contribution in [0.25, 0.3) is 0 Å². The first-order chi connectivity index (χ1) is 13.7. The van der Waals surface area contributed by atoms with Crippen molar-refractivity contribution in [2.75, 3.05) is 51.7 Å². The predicted octanol–water partition coefficient (Wildman–Crippen LogP) is 1.91. The molecule has 1 heterocycles. The molecule has 156 valence electrons. The van der Waals surface area contributed by atoms with Gasteiger partial charge in [0.2, 0.25) is 5.91 Å². The van der Waals surface area contributed by atoms with Crippen molar-refractivity contribution in [3.63, 3.8) is 0 Å². The highest BCUT2D eigenvalue weighted by Crippen LogP contribution is 2.25. The molecule has 0 radical (unpaired) electrons. The van der Waals surface area contributed by atoms with E-state index in [1.807, 2.05) is 19.2 Å². The molecule has 1 saturated heterocycles. The van der Waals surface area contributed by atoms with Gasteiger partial charge in [0.1, 0.15) is 6.29 Å². The molecule has 1 amide bonds. The molecule has 2 rings (SSSR count). The Morgan fingerprint density at radius 1 is 1.21 bits per heavy atom. The van der Waals surface area contributed by atoms with E-state index in [0.29, 0.717) is 12.8 Å². The lowest BCUT2D eigenvalue weighted by atomic mass is 9.93. The van der Waals surface area contributed by atoms with Crippen LogP contribution in [0.2, 0.25) is 0 Å². The van der Waals surface area contributed by atoms with Gasteiger partial charge in [-0.3, -0.25) is 4.79 Å². The number of anilines is 1. The number of likely N-dealkylation sites (N-methyl/N-ethyl adjacent to an activating group) is 2. The van der Waals surface area contributed by atoms with Gasteiger partial charge in [0.05, 0.1) is 5.92 Å². The summed E-state index contributed by atoms with van der Waals surface area (Å²) >= 11 is 0. The van der Waals surface area contributed by atoms with Crippen molar-refractivity contribution in [3.8, 4) is 0 Å². The maximum Gasteiger partial charge on any atom is 0.227 e. The quantitative estimate of drug-likeness (QED) is 0.477. The number of piperidine rings is 1. The minimum absolute atomic E-state index is 0.0347. The van der Waals surface area contributed by atoms with Crippen molar-refractivity contribution in [1.82, 2.24) is 16.0 Å². The molecule has 0 spiro atoms. The first kappa shape index (κ1) is 22.4. The van der Waals surface area contributed by atoms with Gasteiger partial charge >= 0.3 is 0 Å². The van der Waals surface area contributed by atoms with Crippen LogP contribution in [0.1, 0.15) is 43.6 Å². The summed E-state index contributed by atoms with van der Waals surface area (Å²) in [5.74, 6) is 0.496. The second kappa shape index (κ2) is 12.5. The van der Waals surface area contributed by atoms with Crippen LogP contribution in [0.15, 0.2) is 24.3 Å². The largest absolute Gasteiger partial charge is 0.370 e. The van der Waals surface area contributed by atoms with Gasteiger partial charge in [-0.2, -0.15) is 0 Å². The van der Waals surface area contributed by atoms with E-state index < -0.39 is 0 Å². The third-order valence-corrected chi connectivity index (χ3v) is 5.69. The Bertz CT molecular complexity index is 585. The zero-order valence-corrected chi connectivity index (χ0v) is 17.4. The summed E-state index contributed by atoms with van der Waals surface area (Å²) in [4.78, 5) is 25.4. The SMILES string of the molecule is CNCCN(CCC1CCNCC1)c1ccc(C(CCC=O)C(=O)NC)cc1. The molecule has 1 atom stereocenters. The summed E-state index contributed by atoms with van der Waals surface area (Å²) in [6.45, 7) is 5.23. The van der Waals surface area contributed by atoms with Crippen molar-refractivity contribution in [3.05, 3.63) is 29.8 Å². The zero-order chi connectivity index (χ0) is 20.2. The van der Waals surface area contributed by atoms with Crippen molar-refractivity contribution in [2.24, 2.45) is 5.92 Å². The Hall–Kier alpha value is -1.92. The maximum atomic E-state index is 12.2. The molecule has 6 nitrogen and oxygen atoms in total. The summed E-state index contributed by atoms with van der Waals surface area (Å²) in [7, 11) is 3.62. The molecular weight excluding hydrogens is 352 g/mol. The van der Waals surface area contributed by atoms with Gasteiger partial charge < -0.3 is 25.6 Å². The highest BCUT2D eigenvalue weighted by Gasteiger charge is 2.20. The van der Waals surface area contributed by atoms with Gasteiger partial charge in [-0.1, -0.05) is 12.1 Å². The average molecular weight is 389 g/mol. The molecule has 0 saturated carbocycles. The van der Waals surface area contributed by atoms with E-state index >= 15 is 0 Å². The molecule has 1 unspecified atom stereocenters. The van der Waals surface area contributed by atoms with Gasteiger partial charge in [0, 0.05) is 38.8 Å². The van der Waals surface area contributed by atoms with E-state index in [1.165, 1.54) is 24.9 Å². The lowest BCUT2D eigenvalue weighted by molar-refractivity contribution is -0.122. The topological polar surface area (TPSA) is 73.5 Å². The van der Waals surface area contributed by atoms with Crippen LogP contribution in [0.3, 0.4) is 0 Å². The molecule has 0 aromatic heterocycles. The van der Waals surface area contributed by atoms with Gasteiger partial charge in [-0.05, 0) is 69.4 Å². The summed E-state index contributed by atoms with van der Waals surface area (Å²) in [5.41, 5.74) is 2.16. The number of rotatable bonds is 12. The number of hydrogen-bond donors (Lipinski definition) is 3. The molecule has 28 heavy (non-hydrogen) atoms. The Balaban J connectivity index is 2.05. The summed E-state index contributed by atoms with van der Waals surface area (Å²) < 4.78 is 0. The highest BCUT2D eigenvalue weighted by molar-refractivity contribution is 5.83. The number of carbonyl (C=O) groups excluding carboxylic acids is 2. The van der Waals surface area contributed by atoms with E-state index in [9.17, 15) is 9.59 Å². The van der Waals surface area contributed by atoms with Crippen LogP contribution in [-0.2, 0) is 9.59 Å². The van der Waals surface area contributed by atoms with Gasteiger partial charge in [0.25, 0.3) is 0 Å². The molecule has 1 fully saturated rings. The number of amides is 1. The Kier molecular flexibility index (Phi) is 10.0. The molecule has 1 aliphatic rings. The molecule has 1 aliphatic heterocycles. The molecular formula is C22H36N4O2. The number of carbonyl (C=O) groups is 2. The van der Waals surface area contributed by atoms with Crippen LogP contribution in [0.4, 0.5) is 5.69 Å². The summed E-state index contributed by atoms with van der Waals surface area (Å²) in [6, 6.07) is 8.31. The number of nitrogens with zero attached hydrogens (tertiary/aromatic N) is 1. The second-order valence-electron chi connectivity index (χ2n) is 7.58. The Morgan fingerprint density at radius 2 is 1.93 bits per heavy atom. The minimum Gasteiger partial charge on any atom is -0.370 e. The third kappa shape index (κ3) is 6.91. The van der Waals surface area contributed by atoms with E-state index in [4.69, 9.17) is 0 Å². The van der Waals surface area contributed by atoms with E-state index in [1.54, 1.807) is 7.05 Å². The smallest absolute Gasteiger partial charge is 0.227 e. The number of hydrogen-bond acceptors (Lipinski definition) is 5. The van der Waals surface area contributed by atoms with Crippen molar-refractivity contribution in [2.45, 2.75) is 38.0 Å².